The first-order valence-electron chi connectivity index (χ1n) is 5.47. The molecule has 0 amide bonds. The van der Waals surface area contributed by atoms with Crippen molar-refractivity contribution in [2.45, 2.75) is 25.4 Å². The molecule has 0 aromatic heterocycles. The van der Waals surface area contributed by atoms with Gasteiger partial charge in [-0.2, -0.15) is 0 Å². The number of benzene rings is 1. The minimum Gasteiger partial charge on any atom is -0.327 e. The molecular weight excluding hydrogens is 262 g/mol. The lowest BCUT2D eigenvalue weighted by molar-refractivity contribution is 0.199. The summed E-state index contributed by atoms with van der Waals surface area (Å²) in [6.07, 6.45) is 2.21. The maximum Gasteiger partial charge on any atom is 0.127 e. The van der Waals surface area contributed by atoms with Gasteiger partial charge >= 0.3 is 0 Å². The van der Waals surface area contributed by atoms with Crippen molar-refractivity contribution in [3.63, 3.8) is 0 Å². The monoisotopic (exact) mass is 280 g/mol. The van der Waals surface area contributed by atoms with Crippen LogP contribution in [0.2, 0.25) is 0 Å². The number of hydrogen-bond donors (Lipinski definition) is 1. The molecule has 0 spiro atoms. The van der Waals surface area contributed by atoms with E-state index in [1.54, 1.807) is 6.07 Å². The van der Waals surface area contributed by atoms with Gasteiger partial charge in [0.25, 0.3) is 0 Å². The Hall–Kier alpha value is -0.350. The highest BCUT2D eigenvalue weighted by Crippen LogP contribution is 2.14. The molecule has 1 aliphatic rings. The number of halogens is 3. The summed E-state index contributed by atoms with van der Waals surface area (Å²) in [4.78, 5) is 2.23. The van der Waals surface area contributed by atoms with Crippen LogP contribution in [0.25, 0.3) is 0 Å². The number of nitrogens with zero attached hydrogens (tertiary/aromatic N) is 1. The summed E-state index contributed by atoms with van der Waals surface area (Å²) < 4.78 is 13.4. The quantitative estimate of drug-likeness (QED) is 0.902. The van der Waals surface area contributed by atoms with Crippen molar-refractivity contribution in [1.29, 1.82) is 0 Å². The normalized spacial score (nSPS) is 20.2. The highest BCUT2D eigenvalue weighted by atomic mass is 35.5. The Morgan fingerprint density at radius 2 is 2.00 bits per heavy atom. The minimum atomic E-state index is -0.114. The van der Waals surface area contributed by atoms with Crippen LogP contribution in [0.5, 0.6) is 0 Å². The van der Waals surface area contributed by atoms with E-state index in [0.29, 0.717) is 6.54 Å². The zero-order chi connectivity index (χ0) is 10.7. The van der Waals surface area contributed by atoms with Crippen LogP contribution in [0.3, 0.4) is 0 Å². The Morgan fingerprint density at radius 3 is 2.65 bits per heavy atom. The zero-order valence-corrected chi connectivity index (χ0v) is 11.3. The summed E-state index contributed by atoms with van der Waals surface area (Å²) in [6.45, 7) is 2.59. The molecule has 1 saturated heterocycles. The lowest BCUT2D eigenvalue weighted by atomic mass is 10.1. The average Bonchev–Trinajstić information content (AvgIpc) is 2.22. The van der Waals surface area contributed by atoms with Gasteiger partial charge in [-0.3, -0.25) is 4.90 Å². The van der Waals surface area contributed by atoms with Crippen LogP contribution in [0.15, 0.2) is 24.3 Å². The van der Waals surface area contributed by atoms with Gasteiger partial charge in [-0.15, -0.1) is 24.8 Å². The van der Waals surface area contributed by atoms with Gasteiger partial charge in [0.2, 0.25) is 0 Å². The van der Waals surface area contributed by atoms with Gasteiger partial charge < -0.3 is 5.73 Å². The smallest absolute Gasteiger partial charge is 0.127 e. The molecule has 0 saturated carbocycles. The van der Waals surface area contributed by atoms with Crippen LogP contribution in [0, 0.1) is 5.82 Å². The largest absolute Gasteiger partial charge is 0.327 e. The summed E-state index contributed by atoms with van der Waals surface area (Å²) in [7, 11) is 0. The van der Waals surface area contributed by atoms with Gasteiger partial charge in [0.1, 0.15) is 5.82 Å². The fourth-order valence-electron chi connectivity index (χ4n) is 2.10. The second-order valence-corrected chi connectivity index (χ2v) is 4.23. The minimum absolute atomic E-state index is 0. The maximum atomic E-state index is 13.4. The molecule has 1 atom stereocenters. The molecule has 5 heteroatoms. The van der Waals surface area contributed by atoms with Crippen LogP contribution >= 0.6 is 24.8 Å². The van der Waals surface area contributed by atoms with Crippen molar-refractivity contribution in [3.05, 3.63) is 35.6 Å². The van der Waals surface area contributed by atoms with E-state index < -0.39 is 0 Å². The lowest BCUT2D eigenvalue weighted by Crippen LogP contribution is -2.42. The van der Waals surface area contributed by atoms with E-state index in [0.717, 1.165) is 31.5 Å². The molecular formula is C12H19Cl2FN2. The molecule has 2 nitrogen and oxygen atoms in total. The maximum absolute atomic E-state index is 13.4. The predicted octanol–water partition coefficient (Wildman–Crippen LogP) is 2.59. The summed E-state index contributed by atoms with van der Waals surface area (Å²) in [6, 6.07) is 7.21. The molecule has 1 aromatic carbocycles. The Labute approximate surface area is 114 Å². The number of rotatable bonds is 2. The highest BCUT2D eigenvalue weighted by molar-refractivity contribution is 5.85. The van der Waals surface area contributed by atoms with E-state index in [9.17, 15) is 4.39 Å². The molecule has 1 fully saturated rings. The Bertz CT molecular complexity index is 336. The fourth-order valence-corrected chi connectivity index (χ4v) is 2.10. The summed E-state index contributed by atoms with van der Waals surface area (Å²) in [5.41, 5.74) is 6.65. The van der Waals surface area contributed by atoms with E-state index in [-0.39, 0.29) is 36.7 Å². The van der Waals surface area contributed by atoms with Gasteiger partial charge in [0, 0.05) is 24.7 Å². The van der Waals surface area contributed by atoms with Gasteiger partial charge in [-0.05, 0) is 25.5 Å². The number of hydrogen-bond acceptors (Lipinski definition) is 2. The summed E-state index contributed by atoms with van der Waals surface area (Å²) in [5, 5.41) is 0. The van der Waals surface area contributed by atoms with Crippen molar-refractivity contribution in [2.75, 3.05) is 13.1 Å². The lowest BCUT2D eigenvalue weighted by Gasteiger charge is -2.30. The molecule has 2 N–H and O–H groups in total. The fraction of sp³-hybridized carbons (Fsp3) is 0.500. The second-order valence-electron chi connectivity index (χ2n) is 4.23. The molecule has 0 bridgehead atoms. The van der Waals surface area contributed by atoms with Crippen LogP contribution in [-0.2, 0) is 6.54 Å². The Balaban J connectivity index is 0.00000128. The highest BCUT2D eigenvalue weighted by Gasteiger charge is 2.17. The first-order chi connectivity index (χ1) is 7.25. The van der Waals surface area contributed by atoms with Crippen molar-refractivity contribution in [3.8, 4) is 0 Å². The van der Waals surface area contributed by atoms with Crippen LogP contribution in [0.1, 0.15) is 18.4 Å². The van der Waals surface area contributed by atoms with Gasteiger partial charge in [0.05, 0.1) is 0 Å². The molecule has 98 valence electrons. The third-order valence-corrected chi connectivity index (χ3v) is 2.89. The Kier molecular flexibility index (Phi) is 7.71. The standard InChI is InChI=1S/C12H17FN2.2ClH/c13-12-6-2-1-4-10(12)8-15-7-3-5-11(14)9-15;;/h1-2,4,6,11H,3,5,7-9,14H2;2*1H. The topological polar surface area (TPSA) is 29.3 Å². The van der Waals surface area contributed by atoms with Crippen molar-refractivity contribution in [1.82, 2.24) is 4.90 Å². The number of piperidine rings is 1. The molecule has 1 aliphatic heterocycles. The van der Waals surface area contributed by atoms with E-state index in [1.165, 1.54) is 6.07 Å². The van der Waals surface area contributed by atoms with Crippen LogP contribution < -0.4 is 5.73 Å². The predicted molar refractivity (Wildman–Crippen MR) is 73.4 cm³/mol. The average molecular weight is 281 g/mol. The van der Waals surface area contributed by atoms with Gasteiger partial charge in [0.15, 0.2) is 0 Å². The molecule has 1 unspecified atom stereocenters. The summed E-state index contributed by atoms with van der Waals surface area (Å²) in [5.74, 6) is -0.114. The third kappa shape index (κ3) is 4.80. The van der Waals surface area contributed by atoms with Crippen LogP contribution in [-0.4, -0.2) is 24.0 Å². The molecule has 0 radical (unpaired) electrons. The molecule has 0 aliphatic carbocycles. The van der Waals surface area contributed by atoms with Gasteiger partial charge in [-0.25, -0.2) is 4.39 Å². The zero-order valence-electron chi connectivity index (χ0n) is 9.64. The molecule has 2 rings (SSSR count). The SMILES string of the molecule is Cl.Cl.NC1CCCN(Cc2ccccc2F)C1. The molecule has 17 heavy (non-hydrogen) atoms. The van der Waals surface area contributed by atoms with Crippen molar-refractivity contribution in [2.24, 2.45) is 5.73 Å². The third-order valence-electron chi connectivity index (χ3n) is 2.89. The molecule has 1 heterocycles. The number of nitrogens with two attached hydrogens (primary N) is 1. The van der Waals surface area contributed by atoms with Crippen molar-refractivity contribution < 1.29 is 4.39 Å². The first kappa shape index (κ1) is 16.6. The molecule has 1 aromatic rings. The van der Waals surface area contributed by atoms with E-state index in [4.69, 9.17) is 5.73 Å². The first-order valence-corrected chi connectivity index (χ1v) is 5.47. The summed E-state index contributed by atoms with van der Waals surface area (Å²) >= 11 is 0. The van der Waals surface area contributed by atoms with E-state index in [1.807, 2.05) is 12.1 Å². The van der Waals surface area contributed by atoms with Gasteiger partial charge in [-0.1, -0.05) is 18.2 Å². The second kappa shape index (κ2) is 7.88. The van der Waals surface area contributed by atoms with Crippen LogP contribution in [0.4, 0.5) is 4.39 Å². The Morgan fingerprint density at radius 1 is 1.29 bits per heavy atom. The van der Waals surface area contributed by atoms with E-state index >= 15 is 0 Å². The van der Waals surface area contributed by atoms with E-state index in [2.05, 4.69) is 4.90 Å². The number of likely N-dealkylation sites (tertiary alicyclic amines) is 1. The van der Waals surface area contributed by atoms with Crippen molar-refractivity contribution >= 4 is 24.8 Å².